The van der Waals surface area contributed by atoms with Gasteiger partial charge < -0.3 is 10.4 Å². The van der Waals surface area contributed by atoms with E-state index in [1.807, 2.05) is 6.92 Å². The van der Waals surface area contributed by atoms with E-state index >= 15 is 0 Å². The molecular weight excluding hydrogens is 246 g/mol. The molecule has 1 atom stereocenters. The van der Waals surface area contributed by atoms with Crippen LogP contribution < -0.4 is 5.32 Å². The first kappa shape index (κ1) is 13.3. The predicted molar refractivity (Wildman–Crippen MR) is 70.9 cm³/mol. The van der Waals surface area contributed by atoms with E-state index in [0.29, 0.717) is 17.9 Å². The third kappa shape index (κ3) is 2.81. The van der Waals surface area contributed by atoms with E-state index in [9.17, 15) is 9.90 Å². The molecule has 0 saturated heterocycles. The second kappa shape index (κ2) is 5.64. The van der Waals surface area contributed by atoms with Gasteiger partial charge in [-0.2, -0.15) is 5.10 Å². The van der Waals surface area contributed by atoms with Gasteiger partial charge in [-0.05, 0) is 6.42 Å². The average Bonchev–Trinajstić information content (AvgIpc) is 2.77. The van der Waals surface area contributed by atoms with Crippen LogP contribution in [-0.2, 0) is 11.8 Å². The van der Waals surface area contributed by atoms with Crippen molar-refractivity contribution in [3.63, 3.8) is 0 Å². The minimum atomic E-state index is -0.871. The third-order valence-corrected chi connectivity index (χ3v) is 2.98. The number of carboxylic acid groups (broad SMARTS) is 1. The molecule has 2 heterocycles. The maximum atomic E-state index is 11.2. The number of carbonyl (C=O) groups is 1. The van der Waals surface area contributed by atoms with Crippen LogP contribution in [0.15, 0.2) is 12.5 Å². The maximum Gasteiger partial charge on any atom is 0.326 e. The summed E-state index contributed by atoms with van der Waals surface area (Å²) in [6, 6.07) is -0.641. The first-order valence-corrected chi connectivity index (χ1v) is 6.25. The monoisotopic (exact) mass is 263 g/mol. The zero-order chi connectivity index (χ0) is 13.8. The Balaban J connectivity index is 2.26. The number of anilines is 1. The normalized spacial score (nSPS) is 12.5. The van der Waals surface area contributed by atoms with Crippen LogP contribution in [0.25, 0.3) is 11.0 Å². The fourth-order valence-electron chi connectivity index (χ4n) is 1.91. The largest absolute Gasteiger partial charge is 0.480 e. The number of aromatic nitrogens is 4. The zero-order valence-electron chi connectivity index (χ0n) is 11.0. The van der Waals surface area contributed by atoms with Crippen molar-refractivity contribution in [2.24, 2.45) is 7.05 Å². The summed E-state index contributed by atoms with van der Waals surface area (Å²) in [6.07, 6.45) is 5.42. The Morgan fingerprint density at radius 3 is 3.00 bits per heavy atom. The van der Waals surface area contributed by atoms with Gasteiger partial charge in [-0.25, -0.2) is 14.8 Å². The lowest BCUT2D eigenvalue weighted by atomic mass is 10.1. The highest BCUT2D eigenvalue weighted by molar-refractivity contribution is 5.88. The number of nitrogens with zero attached hydrogens (tertiary/aromatic N) is 4. The molecule has 7 heteroatoms. The maximum absolute atomic E-state index is 11.2. The Labute approximate surface area is 110 Å². The Kier molecular flexibility index (Phi) is 3.94. The smallest absolute Gasteiger partial charge is 0.326 e. The predicted octanol–water partition coefficient (Wildman–Crippen LogP) is 1.42. The number of carboxylic acids is 1. The fourth-order valence-corrected chi connectivity index (χ4v) is 1.91. The van der Waals surface area contributed by atoms with E-state index in [0.717, 1.165) is 18.2 Å². The van der Waals surface area contributed by atoms with Crippen molar-refractivity contribution in [3.05, 3.63) is 12.5 Å². The van der Waals surface area contributed by atoms with Crippen molar-refractivity contribution >= 4 is 22.8 Å². The topological polar surface area (TPSA) is 92.9 Å². The van der Waals surface area contributed by atoms with Gasteiger partial charge in [0, 0.05) is 7.05 Å². The summed E-state index contributed by atoms with van der Waals surface area (Å²) in [5.74, 6) is -0.356. The lowest BCUT2D eigenvalue weighted by Crippen LogP contribution is -2.29. The molecule has 0 aliphatic carbocycles. The Morgan fingerprint density at radius 2 is 2.32 bits per heavy atom. The van der Waals surface area contributed by atoms with Crippen molar-refractivity contribution in [3.8, 4) is 0 Å². The number of hydrogen-bond donors (Lipinski definition) is 2. The van der Waals surface area contributed by atoms with Crippen LogP contribution in [0.5, 0.6) is 0 Å². The standard InChI is InChI=1S/C12H17N5O2/c1-3-4-5-9(12(18)19)16-10-8-6-15-17(2)11(8)14-7-13-10/h6-7,9H,3-5H2,1-2H3,(H,18,19)(H,13,14,16)/t9-/m0/s1. The van der Waals surface area contributed by atoms with E-state index in [-0.39, 0.29) is 0 Å². The Morgan fingerprint density at radius 1 is 1.53 bits per heavy atom. The highest BCUT2D eigenvalue weighted by atomic mass is 16.4. The van der Waals surface area contributed by atoms with E-state index < -0.39 is 12.0 Å². The quantitative estimate of drug-likeness (QED) is 0.818. The highest BCUT2D eigenvalue weighted by Gasteiger charge is 2.19. The number of aryl methyl sites for hydroxylation is 1. The SMILES string of the molecule is CCCC[C@H](Nc1ncnc2c1cnn2C)C(=O)O. The van der Waals surface area contributed by atoms with Crippen molar-refractivity contribution in [1.82, 2.24) is 19.7 Å². The summed E-state index contributed by atoms with van der Waals surface area (Å²) in [5.41, 5.74) is 0.678. The van der Waals surface area contributed by atoms with Crippen LogP contribution in [0, 0.1) is 0 Å². The van der Waals surface area contributed by atoms with Gasteiger partial charge in [-0.15, -0.1) is 0 Å². The summed E-state index contributed by atoms with van der Waals surface area (Å²) >= 11 is 0. The minimum Gasteiger partial charge on any atom is -0.480 e. The number of rotatable bonds is 6. The molecule has 0 amide bonds. The molecule has 0 fully saturated rings. The summed E-state index contributed by atoms with van der Waals surface area (Å²) in [7, 11) is 1.78. The Hall–Kier alpha value is -2.18. The Bertz CT molecular complexity index is 581. The molecule has 0 saturated carbocycles. The molecule has 2 aromatic heterocycles. The molecule has 0 spiro atoms. The molecule has 2 rings (SSSR count). The molecule has 0 bridgehead atoms. The molecule has 102 valence electrons. The summed E-state index contributed by atoms with van der Waals surface area (Å²) in [5, 5.41) is 17.0. The number of aliphatic carboxylic acids is 1. The zero-order valence-corrected chi connectivity index (χ0v) is 11.0. The molecule has 2 N–H and O–H groups in total. The van der Waals surface area contributed by atoms with Gasteiger partial charge in [0.2, 0.25) is 0 Å². The number of nitrogens with one attached hydrogen (secondary N) is 1. The van der Waals surface area contributed by atoms with Crippen LogP contribution >= 0.6 is 0 Å². The minimum absolute atomic E-state index is 0.515. The molecule has 0 aliphatic rings. The van der Waals surface area contributed by atoms with Gasteiger partial charge in [0.25, 0.3) is 0 Å². The third-order valence-electron chi connectivity index (χ3n) is 2.98. The second-order valence-corrected chi connectivity index (χ2v) is 4.41. The first-order chi connectivity index (χ1) is 9.13. The van der Waals surface area contributed by atoms with Gasteiger partial charge in [-0.3, -0.25) is 4.68 Å². The fraction of sp³-hybridized carbons (Fsp3) is 0.500. The number of hydrogen-bond acceptors (Lipinski definition) is 5. The lowest BCUT2D eigenvalue weighted by molar-refractivity contribution is -0.138. The van der Waals surface area contributed by atoms with E-state index in [4.69, 9.17) is 0 Å². The van der Waals surface area contributed by atoms with E-state index in [1.165, 1.54) is 6.33 Å². The number of unbranched alkanes of at least 4 members (excludes halogenated alkanes) is 1. The average molecular weight is 263 g/mol. The molecule has 0 aromatic carbocycles. The summed E-state index contributed by atoms with van der Waals surface area (Å²) in [4.78, 5) is 19.5. The highest BCUT2D eigenvalue weighted by Crippen LogP contribution is 2.19. The van der Waals surface area contributed by atoms with E-state index in [2.05, 4.69) is 20.4 Å². The molecule has 2 aromatic rings. The van der Waals surface area contributed by atoms with Crippen molar-refractivity contribution in [2.75, 3.05) is 5.32 Å². The van der Waals surface area contributed by atoms with Crippen LogP contribution in [0.3, 0.4) is 0 Å². The van der Waals surface area contributed by atoms with Gasteiger partial charge >= 0.3 is 5.97 Å². The summed E-state index contributed by atoms with van der Waals surface area (Å²) < 4.78 is 1.63. The van der Waals surface area contributed by atoms with Crippen molar-refractivity contribution in [2.45, 2.75) is 32.2 Å². The van der Waals surface area contributed by atoms with E-state index in [1.54, 1.807) is 17.9 Å². The van der Waals surface area contributed by atoms with Crippen molar-refractivity contribution < 1.29 is 9.90 Å². The molecule has 7 nitrogen and oxygen atoms in total. The summed E-state index contributed by atoms with van der Waals surface area (Å²) in [6.45, 7) is 2.03. The van der Waals surface area contributed by atoms with Gasteiger partial charge in [0.15, 0.2) is 5.65 Å². The van der Waals surface area contributed by atoms with Crippen molar-refractivity contribution in [1.29, 1.82) is 0 Å². The van der Waals surface area contributed by atoms with Crippen LogP contribution in [0.4, 0.5) is 5.82 Å². The number of fused-ring (bicyclic) bond motifs is 1. The first-order valence-electron chi connectivity index (χ1n) is 6.25. The van der Waals surface area contributed by atoms with Gasteiger partial charge in [0.1, 0.15) is 18.2 Å². The van der Waals surface area contributed by atoms with Crippen LogP contribution in [0.1, 0.15) is 26.2 Å². The lowest BCUT2D eigenvalue weighted by Gasteiger charge is -2.14. The molecule has 0 radical (unpaired) electrons. The van der Waals surface area contributed by atoms with Gasteiger partial charge in [-0.1, -0.05) is 19.8 Å². The van der Waals surface area contributed by atoms with Gasteiger partial charge in [0.05, 0.1) is 11.6 Å². The second-order valence-electron chi connectivity index (χ2n) is 4.41. The molecule has 0 aliphatic heterocycles. The molecular formula is C12H17N5O2. The molecule has 19 heavy (non-hydrogen) atoms. The molecule has 0 unspecified atom stereocenters. The van der Waals surface area contributed by atoms with Crippen LogP contribution in [0.2, 0.25) is 0 Å². The van der Waals surface area contributed by atoms with Crippen LogP contribution in [-0.4, -0.2) is 36.9 Å².